The Morgan fingerprint density at radius 3 is 1.80 bits per heavy atom. The number of unbranched alkanes of at least 4 members (excludes halogenated alkanes) is 4. The van der Waals surface area contributed by atoms with Gasteiger partial charge in [-0.05, 0) is 86.8 Å². The standard InChI is InChI=1S/C29H48O/c1-3-5-6-7-8-9-24-12-18-27(19-13-24)28-20-14-25(15-21-28)10-11-26-16-22-29(23-17-26)30-4-2/h16-17,22-25,27-28H,3-15,18-21H2,1-2H3/t24-,25-,27-,28-. The van der Waals surface area contributed by atoms with Crippen LogP contribution in [0.25, 0.3) is 0 Å². The molecule has 1 nitrogen and oxygen atoms in total. The smallest absolute Gasteiger partial charge is 0.119 e. The number of rotatable bonds is 12. The molecule has 0 saturated heterocycles. The van der Waals surface area contributed by atoms with Crippen LogP contribution in [0.15, 0.2) is 24.3 Å². The molecule has 0 aromatic heterocycles. The third kappa shape index (κ3) is 7.93. The summed E-state index contributed by atoms with van der Waals surface area (Å²) in [6.07, 6.45) is 23.6. The van der Waals surface area contributed by atoms with Crippen LogP contribution in [0.3, 0.4) is 0 Å². The summed E-state index contributed by atoms with van der Waals surface area (Å²) in [6.45, 7) is 5.12. The summed E-state index contributed by atoms with van der Waals surface area (Å²) >= 11 is 0. The van der Waals surface area contributed by atoms with Gasteiger partial charge in [-0.25, -0.2) is 0 Å². The van der Waals surface area contributed by atoms with Crippen LogP contribution in [0.5, 0.6) is 5.75 Å². The molecule has 0 heterocycles. The molecular formula is C29H48O. The molecule has 2 aliphatic rings. The van der Waals surface area contributed by atoms with Crippen LogP contribution in [-0.4, -0.2) is 6.61 Å². The minimum Gasteiger partial charge on any atom is -0.494 e. The summed E-state index contributed by atoms with van der Waals surface area (Å²) < 4.78 is 5.56. The van der Waals surface area contributed by atoms with E-state index >= 15 is 0 Å². The Bertz CT molecular complexity index is 546. The second-order valence-corrected chi connectivity index (χ2v) is 10.4. The van der Waals surface area contributed by atoms with E-state index in [4.69, 9.17) is 4.74 Å². The summed E-state index contributed by atoms with van der Waals surface area (Å²) in [7, 11) is 0. The maximum absolute atomic E-state index is 5.56. The maximum Gasteiger partial charge on any atom is 0.119 e. The second kappa shape index (κ2) is 13.4. The van der Waals surface area contributed by atoms with E-state index in [1.165, 1.54) is 95.5 Å². The van der Waals surface area contributed by atoms with E-state index in [0.29, 0.717) is 0 Å². The van der Waals surface area contributed by atoms with Crippen LogP contribution in [-0.2, 0) is 6.42 Å². The van der Waals surface area contributed by atoms with Gasteiger partial charge in [-0.2, -0.15) is 0 Å². The molecule has 2 aliphatic carbocycles. The fourth-order valence-corrected chi connectivity index (χ4v) is 6.22. The van der Waals surface area contributed by atoms with Gasteiger partial charge in [0.1, 0.15) is 5.75 Å². The van der Waals surface area contributed by atoms with Gasteiger partial charge in [-0.15, -0.1) is 0 Å². The Kier molecular flexibility index (Phi) is 10.6. The van der Waals surface area contributed by atoms with E-state index in [1.54, 1.807) is 12.8 Å². The lowest BCUT2D eigenvalue weighted by molar-refractivity contribution is 0.140. The molecule has 0 radical (unpaired) electrons. The molecule has 1 aromatic carbocycles. The van der Waals surface area contributed by atoms with Crippen molar-refractivity contribution in [2.24, 2.45) is 23.7 Å². The molecule has 1 aromatic rings. The van der Waals surface area contributed by atoms with Crippen molar-refractivity contribution >= 4 is 0 Å². The minimum atomic E-state index is 0.753. The molecule has 0 bridgehead atoms. The first kappa shape index (κ1) is 23.7. The quantitative estimate of drug-likeness (QED) is 0.311. The highest BCUT2D eigenvalue weighted by Crippen LogP contribution is 2.43. The molecule has 2 saturated carbocycles. The van der Waals surface area contributed by atoms with E-state index in [9.17, 15) is 0 Å². The lowest BCUT2D eigenvalue weighted by Crippen LogP contribution is -2.26. The van der Waals surface area contributed by atoms with Crippen molar-refractivity contribution in [1.29, 1.82) is 0 Å². The zero-order chi connectivity index (χ0) is 21.0. The molecule has 1 heteroatoms. The van der Waals surface area contributed by atoms with E-state index in [-0.39, 0.29) is 0 Å². The van der Waals surface area contributed by atoms with Gasteiger partial charge in [-0.1, -0.05) is 83.3 Å². The number of ether oxygens (including phenoxy) is 1. The summed E-state index contributed by atoms with van der Waals surface area (Å²) in [5.74, 6) is 5.15. The molecule has 0 spiro atoms. The first-order valence-electron chi connectivity index (χ1n) is 13.5. The lowest BCUT2D eigenvalue weighted by Gasteiger charge is -2.38. The predicted octanol–water partition coefficient (Wildman–Crippen LogP) is 8.99. The molecule has 2 fully saturated rings. The van der Waals surface area contributed by atoms with Crippen molar-refractivity contribution in [3.63, 3.8) is 0 Å². The fourth-order valence-electron chi connectivity index (χ4n) is 6.22. The van der Waals surface area contributed by atoms with Gasteiger partial charge in [0.25, 0.3) is 0 Å². The Balaban J connectivity index is 1.27. The van der Waals surface area contributed by atoms with Crippen molar-refractivity contribution in [2.75, 3.05) is 6.61 Å². The van der Waals surface area contributed by atoms with E-state index in [0.717, 1.165) is 36.0 Å². The largest absolute Gasteiger partial charge is 0.494 e. The Morgan fingerprint density at radius 2 is 1.23 bits per heavy atom. The number of benzene rings is 1. The molecule has 0 amide bonds. The molecule has 0 aliphatic heterocycles. The van der Waals surface area contributed by atoms with Crippen LogP contribution >= 0.6 is 0 Å². The normalized spacial score (nSPS) is 27.1. The first-order chi connectivity index (χ1) is 14.8. The number of hydrogen-bond acceptors (Lipinski definition) is 1. The Hall–Kier alpha value is -0.980. The lowest BCUT2D eigenvalue weighted by atomic mass is 9.68. The maximum atomic E-state index is 5.56. The molecule has 3 rings (SSSR count). The molecule has 30 heavy (non-hydrogen) atoms. The van der Waals surface area contributed by atoms with E-state index in [1.807, 2.05) is 6.92 Å². The molecule has 0 unspecified atom stereocenters. The van der Waals surface area contributed by atoms with Gasteiger partial charge in [0.2, 0.25) is 0 Å². The predicted molar refractivity (Wildman–Crippen MR) is 130 cm³/mol. The fraction of sp³-hybridized carbons (Fsp3) is 0.793. The highest BCUT2D eigenvalue weighted by Gasteiger charge is 2.30. The molecular weight excluding hydrogens is 364 g/mol. The summed E-state index contributed by atoms with van der Waals surface area (Å²) in [5, 5.41) is 0. The zero-order valence-corrected chi connectivity index (χ0v) is 20.0. The van der Waals surface area contributed by atoms with Crippen LogP contribution in [0.1, 0.15) is 116 Å². The van der Waals surface area contributed by atoms with Gasteiger partial charge >= 0.3 is 0 Å². The van der Waals surface area contributed by atoms with E-state index < -0.39 is 0 Å². The van der Waals surface area contributed by atoms with Gasteiger partial charge in [0.05, 0.1) is 6.61 Å². The van der Waals surface area contributed by atoms with E-state index in [2.05, 4.69) is 31.2 Å². The van der Waals surface area contributed by atoms with Gasteiger partial charge in [-0.3, -0.25) is 0 Å². The molecule has 0 atom stereocenters. The average molecular weight is 413 g/mol. The third-order valence-corrected chi connectivity index (χ3v) is 8.24. The van der Waals surface area contributed by atoms with Crippen LogP contribution in [0.4, 0.5) is 0 Å². The second-order valence-electron chi connectivity index (χ2n) is 10.4. The van der Waals surface area contributed by atoms with Crippen LogP contribution in [0.2, 0.25) is 0 Å². The van der Waals surface area contributed by atoms with Crippen LogP contribution in [0, 0.1) is 23.7 Å². The summed E-state index contributed by atoms with van der Waals surface area (Å²) in [4.78, 5) is 0. The third-order valence-electron chi connectivity index (χ3n) is 8.24. The molecule has 0 N–H and O–H groups in total. The van der Waals surface area contributed by atoms with Crippen molar-refractivity contribution < 1.29 is 4.74 Å². The number of aryl methyl sites for hydroxylation is 1. The Morgan fingerprint density at radius 1 is 0.667 bits per heavy atom. The molecule has 170 valence electrons. The van der Waals surface area contributed by atoms with Crippen molar-refractivity contribution in [2.45, 2.75) is 117 Å². The van der Waals surface area contributed by atoms with Crippen molar-refractivity contribution in [1.82, 2.24) is 0 Å². The van der Waals surface area contributed by atoms with Gasteiger partial charge in [0, 0.05) is 0 Å². The monoisotopic (exact) mass is 412 g/mol. The summed E-state index contributed by atoms with van der Waals surface area (Å²) in [6, 6.07) is 8.80. The highest BCUT2D eigenvalue weighted by molar-refractivity contribution is 5.27. The topological polar surface area (TPSA) is 9.23 Å². The zero-order valence-electron chi connectivity index (χ0n) is 20.0. The van der Waals surface area contributed by atoms with Crippen molar-refractivity contribution in [3.8, 4) is 5.75 Å². The van der Waals surface area contributed by atoms with Gasteiger partial charge < -0.3 is 4.74 Å². The number of hydrogen-bond donors (Lipinski definition) is 0. The van der Waals surface area contributed by atoms with Gasteiger partial charge in [0.15, 0.2) is 0 Å². The highest BCUT2D eigenvalue weighted by atomic mass is 16.5. The van der Waals surface area contributed by atoms with Crippen LogP contribution < -0.4 is 4.74 Å². The minimum absolute atomic E-state index is 0.753. The first-order valence-corrected chi connectivity index (χ1v) is 13.5. The Labute approximate surface area is 187 Å². The SMILES string of the molecule is CCCCCCC[C@H]1CC[C@H]([C@H]2CC[C@H](CCc3ccc(OCC)cc3)CC2)CC1. The summed E-state index contributed by atoms with van der Waals surface area (Å²) in [5.41, 5.74) is 1.48. The average Bonchev–Trinajstić information content (AvgIpc) is 2.79. The van der Waals surface area contributed by atoms with Crippen molar-refractivity contribution in [3.05, 3.63) is 29.8 Å².